The Morgan fingerprint density at radius 1 is 1.11 bits per heavy atom. The van der Waals surface area contributed by atoms with E-state index in [0.717, 1.165) is 12.1 Å². The van der Waals surface area contributed by atoms with E-state index in [2.05, 4.69) is 10.3 Å². The quantitative estimate of drug-likeness (QED) is 0.673. The lowest BCUT2D eigenvalue weighted by Crippen LogP contribution is -2.30. The van der Waals surface area contributed by atoms with Crippen LogP contribution in [0.1, 0.15) is 6.92 Å². The Bertz CT molecular complexity index is 944. The highest BCUT2D eigenvalue weighted by Gasteiger charge is 2.17. The van der Waals surface area contributed by atoms with Crippen molar-refractivity contribution in [2.24, 2.45) is 0 Å². The van der Waals surface area contributed by atoms with E-state index in [1.165, 1.54) is 17.4 Å². The monoisotopic (exact) mass is 390 g/mol. The zero-order chi connectivity index (χ0) is 19.4. The Labute approximate surface area is 158 Å². The third kappa shape index (κ3) is 4.59. The van der Waals surface area contributed by atoms with Crippen molar-refractivity contribution in [3.8, 4) is 22.8 Å². The number of nitrogens with one attached hydrogen (secondary N) is 1. The van der Waals surface area contributed by atoms with E-state index in [0.29, 0.717) is 27.9 Å². The van der Waals surface area contributed by atoms with Crippen molar-refractivity contribution in [1.82, 2.24) is 4.98 Å². The standard InChI is InChI=1S/C19H16F2N2O3S/c1-11(26-14-6-4-13(25-2)5-7-14)18(24)23-19-22-17(10-27-19)12-3-8-15(20)16(21)9-12/h3-11H,1-2H3,(H,22,23,24). The summed E-state index contributed by atoms with van der Waals surface area (Å²) in [5, 5.41) is 4.64. The molecule has 1 amide bonds. The summed E-state index contributed by atoms with van der Waals surface area (Å²) in [5.74, 6) is -1.04. The maximum atomic E-state index is 13.3. The van der Waals surface area contributed by atoms with Crippen molar-refractivity contribution >= 4 is 22.4 Å². The summed E-state index contributed by atoms with van der Waals surface area (Å²) in [7, 11) is 1.56. The predicted octanol–water partition coefficient (Wildman–Crippen LogP) is 4.50. The number of nitrogens with zero attached hydrogens (tertiary/aromatic N) is 1. The van der Waals surface area contributed by atoms with Gasteiger partial charge in [-0.1, -0.05) is 0 Å². The number of rotatable bonds is 6. The molecular weight excluding hydrogens is 374 g/mol. The molecule has 0 spiro atoms. The van der Waals surface area contributed by atoms with Crippen LogP contribution in [0.3, 0.4) is 0 Å². The van der Waals surface area contributed by atoms with Gasteiger partial charge in [0.15, 0.2) is 22.9 Å². The Balaban J connectivity index is 1.63. The van der Waals surface area contributed by atoms with Crippen LogP contribution < -0.4 is 14.8 Å². The van der Waals surface area contributed by atoms with Gasteiger partial charge in [-0.3, -0.25) is 10.1 Å². The molecule has 3 aromatic rings. The molecule has 1 N–H and O–H groups in total. The first-order valence-corrected chi connectivity index (χ1v) is 8.87. The maximum Gasteiger partial charge on any atom is 0.266 e. The fraction of sp³-hybridized carbons (Fsp3) is 0.158. The van der Waals surface area contributed by atoms with Crippen LogP contribution in [-0.2, 0) is 4.79 Å². The lowest BCUT2D eigenvalue weighted by atomic mass is 10.2. The maximum absolute atomic E-state index is 13.3. The number of hydrogen-bond acceptors (Lipinski definition) is 5. The van der Waals surface area contributed by atoms with Crippen molar-refractivity contribution in [2.75, 3.05) is 12.4 Å². The highest BCUT2D eigenvalue weighted by Crippen LogP contribution is 2.26. The van der Waals surface area contributed by atoms with Gasteiger partial charge in [0, 0.05) is 10.9 Å². The molecular formula is C19H16F2N2O3S. The van der Waals surface area contributed by atoms with E-state index < -0.39 is 17.7 Å². The third-order valence-electron chi connectivity index (χ3n) is 3.69. The average molecular weight is 390 g/mol. The number of thiazole rings is 1. The summed E-state index contributed by atoms with van der Waals surface area (Å²) in [6.07, 6.45) is -0.756. The van der Waals surface area contributed by atoms with Crippen LogP contribution in [0.25, 0.3) is 11.3 Å². The summed E-state index contributed by atoms with van der Waals surface area (Å²) in [6, 6.07) is 10.4. The van der Waals surface area contributed by atoms with Crippen LogP contribution in [0.2, 0.25) is 0 Å². The molecule has 0 aliphatic rings. The number of methoxy groups -OCH3 is 1. The molecule has 27 heavy (non-hydrogen) atoms. The van der Waals surface area contributed by atoms with Gasteiger partial charge >= 0.3 is 0 Å². The molecule has 2 aromatic carbocycles. The Kier molecular flexibility index (Phi) is 5.66. The van der Waals surface area contributed by atoms with Gasteiger partial charge < -0.3 is 9.47 Å². The van der Waals surface area contributed by atoms with Gasteiger partial charge in [0.2, 0.25) is 0 Å². The molecule has 8 heteroatoms. The minimum absolute atomic E-state index is 0.338. The van der Waals surface area contributed by atoms with Crippen molar-refractivity contribution in [3.05, 3.63) is 59.5 Å². The van der Waals surface area contributed by atoms with Gasteiger partial charge in [0.25, 0.3) is 5.91 Å². The molecule has 1 aromatic heterocycles. The minimum Gasteiger partial charge on any atom is -0.497 e. The van der Waals surface area contributed by atoms with E-state index >= 15 is 0 Å². The van der Waals surface area contributed by atoms with E-state index in [1.807, 2.05) is 0 Å². The molecule has 3 rings (SSSR count). The number of halogens is 2. The number of carbonyl (C=O) groups excluding carboxylic acids is 1. The lowest BCUT2D eigenvalue weighted by Gasteiger charge is -2.13. The Morgan fingerprint density at radius 3 is 2.48 bits per heavy atom. The zero-order valence-electron chi connectivity index (χ0n) is 14.5. The van der Waals surface area contributed by atoms with Crippen molar-refractivity contribution < 1.29 is 23.0 Å². The van der Waals surface area contributed by atoms with Crippen LogP contribution in [-0.4, -0.2) is 24.1 Å². The molecule has 0 radical (unpaired) electrons. The van der Waals surface area contributed by atoms with E-state index in [-0.39, 0.29) is 5.91 Å². The fourth-order valence-electron chi connectivity index (χ4n) is 2.24. The molecule has 1 atom stereocenters. The van der Waals surface area contributed by atoms with Crippen LogP contribution in [0.15, 0.2) is 47.8 Å². The number of amides is 1. The normalized spacial score (nSPS) is 11.7. The van der Waals surface area contributed by atoms with E-state index in [9.17, 15) is 13.6 Å². The number of anilines is 1. The zero-order valence-corrected chi connectivity index (χ0v) is 15.3. The minimum atomic E-state index is -0.951. The number of hydrogen-bond donors (Lipinski definition) is 1. The van der Waals surface area contributed by atoms with Crippen LogP contribution in [0.4, 0.5) is 13.9 Å². The second kappa shape index (κ2) is 8.13. The van der Waals surface area contributed by atoms with Crippen LogP contribution in [0, 0.1) is 11.6 Å². The Morgan fingerprint density at radius 2 is 1.81 bits per heavy atom. The molecule has 1 heterocycles. The van der Waals surface area contributed by atoms with Crippen molar-refractivity contribution in [2.45, 2.75) is 13.0 Å². The molecule has 0 bridgehead atoms. The van der Waals surface area contributed by atoms with Crippen LogP contribution in [0.5, 0.6) is 11.5 Å². The average Bonchev–Trinajstić information content (AvgIpc) is 3.13. The molecule has 0 fully saturated rings. The predicted molar refractivity (Wildman–Crippen MR) is 99.2 cm³/mol. The topological polar surface area (TPSA) is 60.5 Å². The van der Waals surface area contributed by atoms with E-state index in [1.54, 1.807) is 43.7 Å². The molecule has 140 valence electrons. The first-order valence-electron chi connectivity index (χ1n) is 7.99. The Hall–Kier alpha value is -3.00. The second-order valence-corrected chi connectivity index (χ2v) is 6.45. The summed E-state index contributed by atoms with van der Waals surface area (Å²) < 4.78 is 37.0. The first kappa shape index (κ1) is 18.8. The highest BCUT2D eigenvalue weighted by molar-refractivity contribution is 7.14. The molecule has 0 saturated carbocycles. The van der Waals surface area contributed by atoms with Crippen LogP contribution >= 0.6 is 11.3 Å². The van der Waals surface area contributed by atoms with Crippen molar-refractivity contribution in [1.29, 1.82) is 0 Å². The molecule has 0 aliphatic heterocycles. The summed E-state index contributed by atoms with van der Waals surface area (Å²) in [6.45, 7) is 1.61. The lowest BCUT2D eigenvalue weighted by molar-refractivity contribution is -0.122. The van der Waals surface area contributed by atoms with Gasteiger partial charge in [-0.15, -0.1) is 11.3 Å². The first-order chi connectivity index (χ1) is 13.0. The molecule has 1 unspecified atom stereocenters. The van der Waals surface area contributed by atoms with Gasteiger partial charge in [0.1, 0.15) is 11.5 Å². The number of aromatic nitrogens is 1. The summed E-state index contributed by atoms with van der Waals surface area (Å²) in [4.78, 5) is 16.5. The summed E-state index contributed by atoms with van der Waals surface area (Å²) in [5.41, 5.74) is 0.867. The molecule has 0 saturated heterocycles. The van der Waals surface area contributed by atoms with Gasteiger partial charge in [-0.05, 0) is 49.4 Å². The molecule has 5 nitrogen and oxygen atoms in total. The second-order valence-electron chi connectivity index (χ2n) is 5.59. The number of carbonyl (C=O) groups is 1. The van der Waals surface area contributed by atoms with Gasteiger partial charge in [-0.25, -0.2) is 13.8 Å². The fourth-order valence-corrected chi connectivity index (χ4v) is 2.96. The number of benzene rings is 2. The third-order valence-corrected chi connectivity index (χ3v) is 4.45. The largest absolute Gasteiger partial charge is 0.497 e. The SMILES string of the molecule is COc1ccc(OC(C)C(=O)Nc2nc(-c3ccc(F)c(F)c3)cs2)cc1. The smallest absolute Gasteiger partial charge is 0.266 e. The van der Waals surface area contributed by atoms with Gasteiger partial charge in [0.05, 0.1) is 12.8 Å². The number of ether oxygens (including phenoxy) is 2. The van der Waals surface area contributed by atoms with Gasteiger partial charge in [-0.2, -0.15) is 0 Å². The van der Waals surface area contributed by atoms with E-state index in [4.69, 9.17) is 9.47 Å². The highest BCUT2D eigenvalue weighted by atomic mass is 32.1. The molecule has 0 aliphatic carbocycles. The summed E-state index contributed by atoms with van der Waals surface area (Å²) >= 11 is 1.18. The van der Waals surface area contributed by atoms with Crippen molar-refractivity contribution in [3.63, 3.8) is 0 Å².